The average Bonchev–Trinajstić information content (AvgIpc) is 2.17. The van der Waals surface area contributed by atoms with Crippen LogP contribution in [0, 0.1) is 0 Å². The summed E-state index contributed by atoms with van der Waals surface area (Å²) in [5.41, 5.74) is 0. The lowest BCUT2D eigenvalue weighted by atomic mass is 10.2. The molecular formula is C11H21NO2. The SMILES string of the molecule is C=CCN(CCCCC)C(=O)OCC. The van der Waals surface area contributed by atoms with Gasteiger partial charge in [-0.3, -0.25) is 0 Å². The van der Waals surface area contributed by atoms with Crippen LogP contribution in [0.15, 0.2) is 12.7 Å². The van der Waals surface area contributed by atoms with Gasteiger partial charge < -0.3 is 9.64 Å². The fraction of sp³-hybridized carbons (Fsp3) is 0.727. The van der Waals surface area contributed by atoms with E-state index in [2.05, 4.69) is 13.5 Å². The van der Waals surface area contributed by atoms with Crippen molar-refractivity contribution in [1.29, 1.82) is 0 Å². The highest BCUT2D eigenvalue weighted by atomic mass is 16.6. The maximum Gasteiger partial charge on any atom is 0.410 e. The molecule has 0 heterocycles. The van der Waals surface area contributed by atoms with Crippen molar-refractivity contribution in [3.63, 3.8) is 0 Å². The van der Waals surface area contributed by atoms with E-state index in [0.717, 1.165) is 25.8 Å². The maximum atomic E-state index is 11.4. The standard InChI is InChI=1S/C11H21NO2/c1-4-7-8-10-12(9-5-2)11(13)14-6-3/h5H,2,4,6-10H2,1,3H3. The molecule has 0 aromatic rings. The monoisotopic (exact) mass is 199 g/mol. The van der Waals surface area contributed by atoms with Gasteiger partial charge in [-0.1, -0.05) is 25.8 Å². The van der Waals surface area contributed by atoms with Gasteiger partial charge in [0.15, 0.2) is 0 Å². The molecule has 0 aliphatic heterocycles. The largest absolute Gasteiger partial charge is 0.450 e. The van der Waals surface area contributed by atoms with E-state index in [1.165, 1.54) is 0 Å². The average molecular weight is 199 g/mol. The Morgan fingerprint density at radius 3 is 2.64 bits per heavy atom. The first-order valence-corrected chi connectivity index (χ1v) is 5.28. The van der Waals surface area contributed by atoms with Crippen molar-refractivity contribution < 1.29 is 9.53 Å². The molecule has 0 aromatic carbocycles. The minimum atomic E-state index is -0.233. The lowest BCUT2D eigenvalue weighted by Crippen LogP contribution is -2.32. The second-order valence-corrected chi connectivity index (χ2v) is 3.14. The molecule has 0 spiro atoms. The van der Waals surface area contributed by atoms with Gasteiger partial charge in [-0.15, -0.1) is 6.58 Å². The molecule has 0 saturated carbocycles. The van der Waals surface area contributed by atoms with Crippen LogP contribution in [0.1, 0.15) is 33.1 Å². The highest BCUT2D eigenvalue weighted by Crippen LogP contribution is 2.01. The van der Waals surface area contributed by atoms with Gasteiger partial charge in [-0.25, -0.2) is 4.79 Å². The molecule has 0 aromatic heterocycles. The van der Waals surface area contributed by atoms with Crippen molar-refractivity contribution in [2.24, 2.45) is 0 Å². The van der Waals surface area contributed by atoms with Gasteiger partial charge in [0.25, 0.3) is 0 Å². The lowest BCUT2D eigenvalue weighted by Gasteiger charge is -2.19. The van der Waals surface area contributed by atoms with Crippen LogP contribution in [0.5, 0.6) is 0 Å². The van der Waals surface area contributed by atoms with Crippen LogP contribution in [0.25, 0.3) is 0 Å². The molecule has 0 radical (unpaired) electrons. The van der Waals surface area contributed by atoms with Crippen LogP contribution in [0.2, 0.25) is 0 Å². The minimum absolute atomic E-state index is 0.233. The summed E-state index contributed by atoms with van der Waals surface area (Å²) in [6.07, 6.45) is 4.83. The molecule has 3 nitrogen and oxygen atoms in total. The molecule has 0 N–H and O–H groups in total. The van der Waals surface area contributed by atoms with E-state index in [4.69, 9.17) is 4.74 Å². The van der Waals surface area contributed by atoms with Crippen molar-refractivity contribution in [3.8, 4) is 0 Å². The number of hydrogen-bond donors (Lipinski definition) is 0. The number of hydrogen-bond acceptors (Lipinski definition) is 2. The fourth-order valence-electron chi connectivity index (χ4n) is 1.18. The summed E-state index contributed by atoms with van der Waals surface area (Å²) < 4.78 is 4.93. The number of nitrogens with zero attached hydrogens (tertiary/aromatic N) is 1. The lowest BCUT2D eigenvalue weighted by molar-refractivity contribution is 0.111. The van der Waals surface area contributed by atoms with Crippen molar-refractivity contribution in [2.75, 3.05) is 19.7 Å². The maximum absolute atomic E-state index is 11.4. The molecular weight excluding hydrogens is 178 g/mol. The molecule has 0 rings (SSSR count). The molecule has 1 amide bonds. The minimum Gasteiger partial charge on any atom is -0.450 e. The van der Waals surface area contributed by atoms with Crippen molar-refractivity contribution in [1.82, 2.24) is 4.90 Å². The first-order chi connectivity index (χ1) is 6.76. The van der Waals surface area contributed by atoms with Gasteiger partial charge >= 0.3 is 6.09 Å². The molecule has 0 bridgehead atoms. The number of amides is 1. The summed E-state index contributed by atoms with van der Waals surface area (Å²) in [6.45, 7) is 9.34. The quantitative estimate of drug-likeness (QED) is 0.466. The number of ether oxygens (including phenoxy) is 1. The third-order valence-electron chi connectivity index (χ3n) is 1.91. The second kappa shape index (κ2) is 8.60. The van der Waals surface area contributed by atoms with E-state index in [9.17, 15) is 4.79 Å². The second-order valence-electron chi connectivity index (χ2n) is 3.14. The van der Waals surface area contributed by atoms with Crippen LogP contribution in [-0.4, -0.2) is 30.7 Å². The zero-order chi connectivity index (χ0) is 10.8. The van der Waals surface area contributed by atoms with E-state index >= 15 is 0 Å². The molecule has 3 heteroatoms. The van der Waals surface area contributed by atoms with Crippen molar-refractivity contribution in [3.05, 3.63) is 12.7 Å². The molecule has 0 unspecified atom stereocenters. The molecule has 14 heavy (non-hydrogen) atoms. The first-order valence-electron chi connectivity index (χ1n) is 5.28. The number of carbonyl (C=O) groups excluding carboxylic acids is 1. The molecule has 82 valence electrons. The van der Waals surface area contributed by atoms with Crippen molar-refractivity contribution >= 4 is 6.09 Å². The van der Waals surface area contributed by atoms with Crippen molar-refractivity contribution in [2.45, 2.75) is 33.1 Å². The zero-order valence-electron chi connectivity index (χ0n) is 9.29. The topological polar surface area (TPSA) is 29.5 Å². The number of carbonyl (C=O) groups is 1. The van der Waals surface area contributed by atoms with E-state index < -0.39 is 0 Å². The third-order valence-corrected chi connectivity index (χ3v) is 1.91. The van der Waals surface area contributed by atoms with Crippen LogP contribution in [0.3, 0.4) is 0 Å². The zero-order valence-corrected chi connectivity index (χ0v) is 9.29. The van der Waals surface area contributed by atoms with Crippen LogP contribution in [-0.2, 0) is 4.74 Å². The summed E-state index contributed by atoms with van der Waals surface area (Å²) in [5.74, 6) is 0. The smallest absolute Gasteiger partial charge is 0.410 e. The van der Waals surface area contributed by atoms with Gasteiger partial charge in [0.2, 0.25) is 0 Å². The fourth-order valence-corrected chi connectivity index (χ4v) is 1.18. The van der Waals surface area contributed by atoms with E-state index in [0.29, 0.717) is 13.2 Å². The van der Waals surface area contributed by atoms with Gasteiger partial charge in [0, 0.05) is 13.1 Å². The Morgan fingerprint density at radius 1 is 1.43 bits per heavy atom. The molecule has 0 aliphatic carbocycles. The molecule has 0 aliphatic rings. The predicted molar refractivity (Wildman–Crippen MR) is 58.3 cm³/mol. The van der Waals surface area contributed by atoms with E-state index in [-0.39, 0.29) is 6.09 Å². The normalized spacial score (nSPS) is 9.57. The van der Waals surface area contributed by atoms with Crippen LogP contribution in [0.4, 0.5) is 4.79 Å². The van der Waals surface area contributed by atoms with Gasteiger partial charge in [0.05, 0.1) is 6.61 Å². The molecule has 0 saturated heterocycles. The van der Waals surface area contributed by atoms with Gasteiger partial charge in [0.1, 0.15) is 0 Å². The highest BCUT2D eigenvalue weighted by Gasteiger charge is 2.11. The highest BCUT2D eigenvalue weighted by molar-refractivity contribution is 5.67. The Morgan fingerprint density at radius 2 is 2.14 bits per heavy atom. The van der Waals surface area contributed by atoms with E-state index in [1.807, 2.05) is 6.92 Å². The summed E-state index contributed by atoms with van der Waals surface area (Å²) >= 11 is 0. The Labute approximate surface area is 86.7 Å². The first kappa shape index (κ1) is 13.0. The van der Waals surface area contributed by atoms with Crippen LogP contribution < -0.4 is 0 Å². The number of rotatable bonds is 7. The van der Waals surface area contributed by atoms with Gasteiger partial charge in [-0.05, 0) is 13.3 Å². The molecule has 0 atom stereocenters. The Balaban J connectivity index is 3.86. The Hall–Kier alpha value is -0.990. The third kappa shape index (κ3) is 5.62. The Kier molecular flexibility index (Phi) is 7.99. The molecule has 0 fully saturated rings. The van der Waals surface area contributed by atoms with E-state index in [1.54, 1.807) is 11.0 Å². The van der Waals surface area contributed by atoms with Crippen LogP contribution >= 0.6 is 0 Å². The van der Waals surface area contributed by atoms with Gasteiger partial charge in [-0.2, -0.15) is 0 Å². The summed E-state index contributed by atoms with van der Waals surface area (Å²) in [6, 6.07) is 0. The summed E-state index contributed by atoms with van der Waals surface area (Å²) in [7, 11) is 0. The summed E-state index contributed by atoms with van der Waals surface area (Å²) in [5, 5.41) is 0. The predicted octanol–water partition coefficient (Wildman–Crippen LogP) is 2.82. The summed E-state index contributed by atoms with van der Waals surface area (Å²) in [4.78, 5) is 13.1. The Bertz CT molecular complexity index is 169. The number of unbranched alkanes of at least 4 members (excludes halogenated alkanes) is 2.